The van der Waals surface area contributed by atoms with Crippen molar-refractivity contribution in [3.05, 3.63) is 35.7 Å². The maximum absolute atomic E-state index is 12.3. The van der Waals surface area contributed by atoms with E-state index >= 15 is 0 Å². The summed E-state index contributed by atoms with van der Waals surface area (Å²) in [4.78, 5) is 0.147. The van der Waals surface area contributed by atoms with Crippen LogP contribution in [0.5, 0.6) is 0 Å². The summed E-state index contributed by atoms with van der Waals surface area (Å²) in [6, 6.07) is 4.72. The van der Waals surface area contributed by atoms with E-state index in [9.17, 15) is 8.42 Å². The van der Waals surface area contributed by atoms with Crippen LogP contribution >= 0.6 is 0 Å². The van der Waals surface area contributed by atoms with E-state index in [0.717, 1.165) is 5.56 Å². The molecule has 0 atom stereocenters. The van der Waals surface area contributed by atoms with Crippen molar-refractivity contribution < 1.29 is 8.42 Å². The predicted octanol–water partition coefficient (Wildman–Crippen LogP) is 1.42. The van der Waals surface area contributed by atoms with Crippen LogP contribution in [-0.2, 0) is 17.1 Å². The highest BCUT2D eigenvalue weighted by Gasteiger charge is 2.17. The van der Waals surface area contributed by atoms with Crippen molar-refractivity contribution in [3.8, 4) is 0 Å². The van der Waals surface area contributed by atoms with Crippen LogP contribution in [0.1, 0.15) is 11.3 Å². The summed E-state index contributed by atoms with van der Waals surface area (Å²) in [6.45, 7) is 3.53. The maximum Gasteiger partial charge on any atom is 0.262 e. The average molecular weight is 280 g/mol. The quantitative estimate of drug-likeness (QED) is 0.832. The van der Waals surface area contributed by atoms with Gasteiger partial charge in [-0.3, -0.25) is 9.40 Å². The summed E-state index contributed by atoms with van der Waals surface area (Å²) in [7, 11) is -1.92. The third-order valence-corrected chi connectivity index (χ3v) is 3.99. The Balaban J connectivity index is 2.40. The first-order valence-electron chi connectivity index (χ1n) is 5.68. The normalized spacial score (nSPS) is 11.5. The Morgan fingerprint density at radius 1 is 1.26 bits per heavy atom. The number of anilines is 2. The summed E-state index contributed by atoms with van der Waals surface area (Å²) in [5.41, 5.74) is 7.97. The number of nitrogen functional groups attached to an aromatic ring is 1. The molecule has 19 heavy (non-hydrogen) atoms. The molecule has 102 valence electrons. The highest BCUT2D eigenvalue weighted by molar-refractivity contribution is 7.92. The Bertz CT molecular complexity index is 699. The monoisotopic (exact) mass is 280 g/mol. The fourth-order valence-corrected chi connectivity index (χ4v) is 3.08. The molecule has 0 bridgehead atoms. The minimum atomic E-state index is -3.65. The van der Waals surface area contributed by atoms with Gasteiger partial charge in [0.25, 0.3) is 10.0 Å². The van der Waals surface area contributed by atoms with E-state index in [-0.39, 0.29) is 4.90 Å². The first kappa shape index (κ1) is 13.4. The number of hydrogen-bond acceptors (Lipinski definition) is 4. The van der Waals surface area contributed by atoms with Gasteiger partial charge in [0, 0.05) is 18.9 Å². The molecule has 2 aromatic rings. The van der Waals surface area contributed by atoms with E-state index < -0.39 is 10.0 Å². The number of aromatic nitrogens is 2. The summed E-state index contributed by atoms with van der Waals surface area (Å²) in [5.74, 6) is 0. The molecule has 1 aromatic carbocycles. The van der Waals surface area contributed by atoms with Crippen LogP contribution in [0.15, 0.2) is 29.3 Å². The van der Waals surface area contributed by atoms with Gasteiger partial charge in [0.1, 0.15) is 0 Å². The van der Waals surface area contributed by atoms with E-state index in [0.29, 0.717) is 17.1 Å². The zero-order valence-corrected chi connectivity index (χ0v) is 11.8. The molecule has 6 nitrogen and oxygen atoms in total. The fourth-order valence-electron chi connectivity index (χ4n) is 1.84. The van der Waals surface area contributed by atoms with Crippen LogP contribution < -0.4 is 10.5 Å². The number of benzene rings is 1. The molecule has 1 heterocycles. The molecular formula is C12H16N4O2S. The van der Waals surface area contributed by atoms with Crippen LogP contribution in [0.2, 0.25) is 0 Å². The Morgan fingerprint density at radius 3 is 2.47 bits per heavy atom. The molecule has 0 aliphatic carbocycles. The molecule has 0 saturated heterocycles. The molecular weight excluding hydrogens is 264 g/mol. The second-order valence-electron chi connectivity index (χ2n) is 4.49. The van der Waals surface area contributed by atoms with Crippen LogP contribution in [-0.4, -0.2) is 18.2 Å². The van der Waals surface area contributed by atoms with Gasteiger partial charge in [-0.25, -0.2) is 8.42 Å². The van der Waals surface area contributed by atoms with Crippen molar-refractivity contribution in [1.82, 2.24) is 9.78 Å². The lowest BCUT2D eigenvalue weighted by Crippen LogP contribution is -2.13. The molecule has 0 unspecified atom stereocenters. The highest BCUT2D eigenvalue weighted by Crippen LogP contribution is 2.21. The number of aryl methyl sites for hydroxylation is 3. The standard InChI is InChI=1S/C12H16N4O2S/c1-8-4-10(13)6-11(5-8)19(17,18)15-12-7-16(3)14-9(12)2/h4-7,15H,13H2,1-3H3. The SMILES string of the molecule is Cc1cc(N)cc(S(=O)(=O)Nc2cn(C)nc2C)c1. The maximum atomic E-state index is 12.3. The first-order chi connectivity index (χ1) is 8.78. The number of sulfonamides is 1. The lowest BCUT2D eigenvalue weighted by molar-refractivity contribution is 0.601. The largest absolute Gasteiger partial charge is 0.399 e. The van der Waals surface area contributed by atoms with Gasteiger partial charge < -0.3 is 5.73 Å². The molecule has 0 fully saturated rings. The summed E-state index contributed by atoms with van der Waals surface area (Å²) in [5, 5.41) is 4.09. The second kappa shape index (κ2) is 4.58. The van der Waals surface area contributed by atoms with Crippen LogP contribution in [0.3, 0.4) is 0 Å². The number of hydrogen-bond donors (Lipinski definition) is 2. The molecule has 0 amide bonds. The Kier molecular flexibility index (Phi) is 3.23. The van der Waals surface area contributed by atoms with Crippen LogP contribution in [0.25, 0.3) is 0 Å². The van der Waals surface area contributed by atoms with Crippen molar-refractivity contribution in [1.29, 1.82) is 0 Å². The highest BCUT2D eigenvalue weighted by atomic mass is 32.2. The topological polar surface area (TPSA) is 90.0 Å². The summed E-state index contributed by atoms with van der Waals surface area (Å²) < 4.78 is 28.6. The number of nitrogens with zero attached hydrogens (tertiary/aromatic N) is 2. The van der Waals surface area contributed by atoms with Gasteiger partial charge in [-0.1, -0.05) is 0 Å². The Morgan fingerprint density at radius 2 is 1.95 bits per heavy atom. The summed E-state index contributed by atoms with van der Waals surface area (Å²) >= 11 is 0. The van der Waals surface area contributed by atoms with Gasteiger partial charge in [0.2, 0.25) is 0 Å². The van der Waals surface area contributed by atoms with Gasteiger partial charge in [0.05, 0.1) is 16.3 Å². The van der Waals surface area contributed by atoms with Gasteiger partial charge in [-0.2, -0.15) is 5.10 Å². The van der Waals surface area contributed by atoms with Gasteiger partial charge in [-0.05, 0) is 37.6 Å². The zero-order valence-electron chi connectivity index (χ0n) is 11.0. The Hall–Kier alpha value is -2.02. The van der Waals surface area contributed by atoms with Gasteiger partial charge in [-0.15, -0.1) is 0 Å². The van der Waals surface area contributed by atoms with E-state index in [1.165, 1.54) is 6.07 Å². The van der Waals surface area contributed by atoms with Crippen molar-refractivity contribution in [3.63, 3.8) is 0 Å². The smallest absolute Gasteiger partial charge is 0.262 e. The third kappa shape index (κ3) is 2.87. The molecule has 7 heteroatoms. The number of nitrogens with one attached hydrogen (secondary N) is 1. The van der Waals surface area contributed by atoms with E-state index in [4.69, 9.17) is 5.73 Å². The van der Waals surface area contributed by atoms with Crippen LogP contribution in [0, 0.1) is 13.8 Å². The molecule has 0 aliphatic rings. The molecule has 3 N–H and O–H groups in total. The lowest BCUT2D eigenvalue weighted by atomic mass is 10.2. The fraction of sp³-hybridized carbons (Fsp3) is 0.250. The Labute approximate surface area is 112 Å². The number of rotatable bonds is 3. The average Bonchev–Trinajstić information content (AvgIpc) is 2.55. The van der Waals surface area contributed by atoms with Crippen LogP contribution in [0.4, 0.5) is 11.4 Å². The van der Waals surface area contributed by atoms with E-state index in [2.05, 4.69) is 9.82 Å². The number of nitrogens with two attached hydrogens (primary N) is 1. The zero-order chi connectivity index (χ0) is 14.2. The molecule has 0 spiro atoms. The molecule has 0 saturated carbocycles. The molecule has 1 aromatic heterocycles. The van der Waals surface area contributed by atoms with E-state index in [1.807, 2.05) is 0 Å². The molecule has 2 rings (SSSR count). The minimum Gasteiger partial charge on any atom is -0.399 e. The van der Waals surface area contributed by atoms with Crippen molar-refractivity contribution >= 4 is 21.4 Å². The second-order valence-corrected chi connectivity index (χ2v) is 6.17. The van der Waals surface area contributed by atoms with Gasteiger partial charge in [0.15, 0.2) is 0 Å². The minimum absolute atomic E-state index is 0.147. The van der Waals surface area contributed by atoms with E-state index in [1.54, 1.807) is 43.9 Å². The van der Waals surface area contributed by atoms with Gasteiger partial charge >= 0.3 is 0 Å². The van der Waals surface area contributed by atoms with Crippen molar-refractivity contribution in [2.45, 2.75) is 18.7 Å². The third-order valence-electron chi connectivity index (χ3n) is 2.64. The first-order valence-corrected chi connectivity index (χ1v) is 7.16. The summed E-state index contributed by atoms with van der Waals surface area (Å²) in [6.07, 6.45) is 1.62. The lowest BCUT2D eigenvalue weighted by Gasteiger charge is -2.08. The predicted molar refractivity (Wildman–Crippen MR) is 74.3 cm³/mol. The van der Waals surface area contributed by atoms with Crippen molar-refractivity contribution in [2.75, 3.05) is 10.5 Å². The molecule has 0 aliphatic heterocycles. The van der Waals surface area contributed by atoms with Crippen molar-refractivity contribution in [2.24, 2.45) is 7.05 Å². The molecule has 0 radical (unpaired) electrons.